The van der Waals surface area contributed by atoms with Crippen molar-refractivity contribution in [3.63, 3.8) is 0 Å². The zero-order chi connectivity index (χ0) is 15.6. The Morgan fingerprint density at radius 1 is 1.10 bits per heavy atom. The summed E-state index contributed by atoms with van der Waals surface area (Å²) in [6, 6.07) is 0. The van der Waals surface area contributed by atoms with E-state index in [9.17, 15) is 0 Å². The third kappa shape index (κ3) is 6.64. The molecule has 0 bridgehead atoms. The number of hydrogen-bond donors (Lipinski definition) is 1. The van der Waals surface area contributed by atoms with Gasteiger partial charge in [-0.2, -0.15) is 0 Å². The smallest absolute Gasteiger partial charge is 0.170 e. The lowest BCUT2D eigenvalue weighted by Crippen LogP contribution is -2.43. The number of piperidine rings is 1. The Hall–Kier alpha value is -0.160. The van der Waals surface area contributed by atoms with Gasteiger partial charge in [0.2, 0.25) is 0 Å². The van der Waals surface area contributed by atoms with Gasteiger partial charge in [0.25, 0.3) is 0 Å². The van der Waals surface area contributed by atoms with Gasteiger partial charge in [-0.05, 0) is 33.0 Å². The van der Waals surface area contributed by atoms with Gasteiger partial charge in [-0.25, -0.2) is 0 Å². The molecule has 0 unspecified atom stereocenters. The molecule has 21 heavy (non-hydrogen) atoms. The molecule has 1 aliphatic carbocycles. The number of nitrogens with zero attached hydrogens (tertiary/aromatic N) is 1. The van der Waals surface area contributed by atoms with Crippen molar-refractivity contribution in [1.82, 2.24) is 10.2 Å². The van der Waals surface area contributed by atoms with Crippen LogP contribution in [0.15, 0.2) is 0 Å². The van der Waals surface area contributed by atoms with Crippen LogP contribution in [-0.4, -0.2) is 57.6 Å². The second-order valence-electron chi connectivity index (χ2n) is 6.10. The van der Waals surface area contributed by atoms with E-state index in [0.717, 1.165) is 45.1 Å². The molecule has 3 aliphatic rings. The van der Waals surface area contributed by atoms with E-state index in [1.807, 2.05) is 20.9 Å². The lowest BCUT2D eigenvalue weighted by atomic mass is 9.83. The quantitative estimate of drug-likeness (QED) is 0.869. The van der Waals surface area contributed by atoms with Gasteiger partial charge in [0.1, 0.15) is 0 Å². The molecule has 0 amide bonds. The molecule has 4 heteroatoms. The maximum atomic E-state index is 5.58. The number of nitrogens with one attached hydrogen (secondary N) is 1. The van der Waals surface area contributed by atoms with Gasteiger partial charge < -0.3 is 19.7 Å². The van der Waals surface area contributed by atoms with Gasteiger partial charge in [0, 0.05) is 25.9 Å². The molecule has 2 heterocycles. The molecule has 3 fully saturated rings. The minimum absolute atomic E-state index is 0.188. The number of ether oxygens (including phenoxy) is 2. The first-order valence-corrected chi connectivity index (χ1v) is 8.85. The first-order valence-electron chi connectivity index (χ1n) is 8.85. The SMILES string of the molecule is CC.CN1CCC2(CC1)OCCO2.CNCCC1CCC1. The highest BCUT2D eigenvalue weighted by atomic mass is 16.7. The van der Waals surface area contributed by atoms with E-state index < -0.39 is 0 Å². The Kier molecular flexibility index (Phi) is 9.49. The van der Waals surface area contributed by atoms with Crippen molar-refractivity contribution >= 4 is 0 Å². The summed E-state index contributed by atoms with van der Waals surface area (Å²) >= 11 is 0. The standard InChI is InChI=1S/C8H15NO2.C7H15N.C2H6/c1-9-4-2-8(3-5-9)10-6-7-11-8;1-8-6-5-7-3-2-4-7;1-2/h2-7H2,1H3;7-8H,2-6H2,1H3;1-2H3. The van der Waals surface area contributed by atoms with Crippen LogP contribution in [0.5, 0.6) is 0 Å². The largest absolute Gasteiger partial charge is 0.347 e. The molecule has 2 aliphatic heterocycles. The molecule has 1 saturated carbocycles. The fraction of sp³-hybridized carbons (Fsp3) is 1.00. The first-order chi connectivity index (χ1) is 10.2. The Bertz CT molecular complexity index is 241. The number of likely N-dealkylation sites (tertiary alicyclic amines) is 1. The van der Waals surface area contributed by atoms with Crippen molar-refractivity contribution in [1.29, 1.82) is 0 Å². The van der Waals surface area contributed by atoms with Crippen molar-refractivity contribution < 1.29 is 9.47 Å². The molecule has 0 aromatic carbocycles. The maximum absolute atomic E-state index is 5.58. The van der Waals surface area contributed by atoms with Crippen molar-refractivity contribution in [2.75, 3.05) is 46.9 Å². The predicted molar refractivity (Wildman–Crippen MR) is 88.6 cm³/mol. The summed E-state index contributed by atoms with van der Waals surface area (Å²) in [5, 5.41) is 3.17. The molecule has 0 aromatic rings. The summed E-state index contributed by atoms with van der Waals surface area (Å²) in [5.74, 6) is 0.884. The summed E-state index contributed by atoms with van der Waals surface area (Å²) in [7, 11) is 4.17. The number of hydrogen-bond acceptors (Lipinski definition) is 4. The topological polar surface area (TPSA) is 33.7 Å². The average Bonchev–Trinajstić information content (AvgIpc) is 2.93. The molecule has 4 nitrogen and oxygen atoms in total. The van der Waals surface area contributed by atoms with Gasteiger partial charge in [-0.3, -0.25) is 0 Å². The number of rotatable bonds is 3. The van der Waals surface area contributed by atoms with Gasteiger partial charge in [0.15, 0.2) is 5.79 Å². The fourth-order valence-electron chi connectivity index (χ4n) is 2.87. The molecule has 2 saturated heterocycles. The second kappa shape index (κ2) is 10.5. The van der Waals surface area contributed by atoms with Crippen molar-refractivity contribution in [3.05, 3.63) is 0 Å². The third-order valence-electron chi connectivity index (χ3n) is 4.59. The van der Waals surface area contributed by atoms with E-state index in [-0.39, 0.29) is 5.79 Å². The van der Waals surface area contributed by atoms with E-state index in [2.05, 4.69) is 17.3 Å². The lowest BCUT2D eigenvalue weighted by molar-refractivity contribution is -0.183. The van der Waals surface area contributed by atoms with Gasteiger partial charge in [-0.1, -0.05) is 33.1 Å². The molecule has 126 valence electrons. The highest BCUT2D eigenvalue weighted by molar-refractivity contribution is 4.81. The molecule has 1 N–H and O–H groups in total. The van der Waals surface area contributed by atoms with E-state index >= 15 is 0 Å². The van der Waals surface area contributed by atoms with Crippen LogP contribution in [0.2, 0.25) is 0 Å². The highest BCUT2D eigenvalue weighted by Gasteiger charge is 2.38. The third-order valence-corrected chi connectivity index (χ3v) is 4.59. The van der Waals surface area contributed by atoms with Crippen LogP contribution in [0.25, 0.3) is 0 Å². The molecule has 0 aromatic heterocycles. The normalized spacial score (nSPS) is 24.6. The summed E-state index contributed by atoms with van der Waals surface area (Å²) in [6.45, 7) is 8.97. The van der Waals surface area contributed by atoms with Crippen LogP contribution in [0, 0.1) is 5.92 Å². The highest BCUT2D eigenvalue weighted by Crippen LogP contribution is 2.30. The fourth-order valence-corrected chi connectivity index (χ4v) is 2.87. The monoisotopic (exact) mass is 300 g/mol. The molecule has 0 atom stereocenters. The van der Waals surface area contributed by atoms with Crippen molar-refractivity contribution in [2.45, 2.75) is 58.2 Å². The van der Waals surface area contributed by atoms with Crippen LogP contribution >= 0.6 is 0 Å². The van der Waals surface area contributed by atoms with Crippen LogP contribution in [-0.2, 0) is 9.47 Å². The van der Waals surface area contributed by atoms with Gasteiger partial charge in [0.05, 0.1) is 13.2 Å². The van der Waals surface area contributed by atoms with Crippen molar-refractivity contribution in [3.8, 4) is 0 Å². The zero-order valence-corrected chi connectivity index (χ0v) is 14.6. The lowest BCUT2D eigenvalue weighted by Gasteiger charge is -2.35. The van der Waals surface area contributed by atoms with E-state index in [0.29, 0.717) is 0 Å². The van der Waals surface area contributed by atoms with Crippen molar-refractivity contribution in [2.24, 2.45) is 5.92 Å². The minimum atomic E-state index is -0.188. The van der Waals surface area contributed by atoms with E-state index in [1.165, 1.54) is 32.2 Å². The molecule has 0 radical (unpaired) electrons. The summed E-state index contributed by atoms with van der Waals surface area (Å²) in [6.07, 6.45) is 7.92. The second-order valence-corrected chi connectivity index (χ2v) is 6.10. The molecule has 1 spiro atoms. The summed E-state index contributed by atoms with van der Waals surface area (Å²) < 4.78 is 11.2. The summed E-state index contributed by atoms with van der Waals surface area (Å²) in [5.41, 5.74) is 0. The van der Waals surface area contributed by atoms with E-state index in [4.69, 9.17) is 9.47 Å². The van der Waals surface area contributed by atoms with E-state index in [1.54, 1.807) is 0 Å². The molecular formula is C17H36N2O2. The van der Waals surface area contributed by atoms with Crippen LogP contribution in [0.4, 0.5) is 0 Å². The Morgan fingerprint density at radius 3 is 2.10 bits per heavy atom. The van der Waals surface area contributed by atoms with Crippen LogP contribution in [0.3, 0.4) is 0 Å². The predicted octanol–water partition coefficient (Wildman–Crippen LogP) is 2.88. The Balaban J connectivity index is 0.000000196. The zero-order valence-electron chi connectivity index (χ0n) is 14.6. The molecule has 3 rings (SSSR count). The Labute approximate surface area is 131 Å². The van der Waals surface area contributed by atoms with Gasteiger partial charge in [-0.15, -0.1) is 0 Å². The van der Waals surface area contributed by atoms with Crippen LogP contribution in [0.1, 0.15) is 52.4 Å². The Morgan fingerprint density at radius 2 is 1.67 bits per heavy atom. The molecular weight excluding hydrogens is 264 g/mol. The first kappa shape index (κ1) is 18.9. The maximum Gasteiger partial charge on any atom is 0.170 e. The van der Waals surface area contributed by atoms with Crippen LogP contribution < -0.4 is 5.32 Å². The average molecular weight is 300 g/mol. The summed E-state index contributed by atoms with van der Waals surface area (Å²) in [4.78, 5) is 2.32. The van der Waals surface area contributed by atoms with Gasteiger partial charge >= 0.3 is 0 Å². The minimum Gasteiger partial charge on any atom is -0.347 e.